The van der Waals surface area contributed by atoms with Crippen LogP contribution in [0, 0.1) is 6.92 Å². The van der Waals surface area contributed by atoms with Gasteiger partial charge in [-0.1, -0.05) is 42.5 Å². The van der Waals surface area contributed by atoms with Gasteiger partial charge in [0.15, 0.2) is 0 Å². The topological polar surface area (TPSA) is 0 Å². The predicted molar refractivity (Wildman–Crippen MR) is 82.3 cm³/mol. The van der Waals surface area contributed by atoms with Crippen LogP contribution in [0.1, 0.15) is 16.7 Å². The van der Waals surface area contributed by atoms with Crippen LogP contribution in [0.5, 0.6) is 0 Å². The van der Waals surface area contributed by atoms with E-state index >= 15 is 0 Å². The molecule has 0 fully saturated rings. The largest absolute Gasteiger partial charge is 0.0537 e. The summed E-state index contributed by atoms with van der Waals surface area (Å²) >= 11 is 0. The molecule has 0 heterocycles. The Kier molecular flexibility index (Phi) is 1.59. The van der Waals surface area contributed by atoms with Crippen molar-refractivity contribution in [3.8, 4) is 0 Å². The van der Waals surface area contributed by atoms with E-state index in [0.29, 0.717) is 0 Å². The van der Waals surface area contributed by atoms with E-state index in [1.165, 1.54) is 50.7 Å². The Morgan fingerprint density at radius 2 is 1.42 bits per heavy atom. The standard InChI is InChI=1S/C19H14/c1-11-8-13-2-3-15-10-12-4-6-16(12)17-7-5-14(9-11)18(13)19(15)17/h2-3,5,7-10H,4,6H2,1H3. The third kappa shape index (κ3) is 1.10. The fourth-order valence-electron chi connectivity index (χ4n) is 3.77. The Morgan fingerprint density at radius 1 is 0.737 bits per heavy atom. The Bertz CT molecular complexity index is 941. The highest BCUT2D eigenvalue weighted by Gasteiger charge is 2.19. The third-order valence-electron chi connectivity index (χ3n) is 4.71. The summed E-state index contributed by atoms with van der Waals surface area (Å²) in [4.78, 5) is 0. The molecule has 5 rings (SSSR count). The molecule has 4 aromatic rings. The van der Waals surface area contributed by atoms with Gasteiger partial charge in [0.2, 0.25) is 0 Å². The van der Waals surface area contributed by atoms with Gasteiger partial charge in [0, 0.05) is 0 Å². The average molecular weight is 242 g/mol. The summed E-state index contributed by atoms with van der Waals surface area (Å²) in [6.07, 6.45) is 2.51. The molecular weight excluding hydrogens is 228 g/mol. The minimum absolute atomic E-state index is 1.25. The molecule has 0 radical (unpaired) electrons. The van der Waals surface area contributed by atoms with Gasteiger partial charge in [-0.15, -0.1) is 0 Å². The van der Waals surface area contributed by atoms with E-state index in [1.807, 2.05) is 0 Å². The van der Waals surface area contributed by atoms with Gasteiger partial charge in [0.05, 0.1) is 0 Å². The molecule has 0 amide bonds. The van der Waals surface area contributed by atoms with Crippen LogP contribution in [0.3, 0.4) is 0 Å². The highest BCUT2D eigenvalue weighted by Crippen LogP contribution is 2.40. The van der Waals surface area contributed by atoms with Crippen molar-refractivity contribution >= 4 is 32.3 Å². The molecule has 0 bridgehead atoms. The molecule has 19 heavy (non-hydrogen) atoms. The number of hydrogen-bond donors (Lipinski definition) is 0. The minimum Gasteiger partial charge on any atom is -0.0537 e. The molecule has 0 aliphatic heterocycles. The zero-order valence-electron chi connectivity index (χ0n) is 11.0. The SMILES string of the molecule is Cc1cc2ccc3cc4c(c5ccc(c1)c2c35)CC4. The summed E-state index contributed by atoms with van der Waals surface area (Å²) in [5, 5.41) is 8.60. The number of aryl methyl sites for hydroxylation is 3. The van der Waals surface area contributed by atoms with Crippen LogP contribution in [0.15, 0.2) is 42.5 Å². The molecule has 0 nitrogen and oxygen atoms in total. The van der Waals surface area contributed by atoms with Gasteiger partial charge in [0.25, 0.3) is 0 Å². The summed E-state index contributed by atoms with van der Waals surface area (Å²) in [5.41, 5.74) is 4.49. The van der Waals surface area contributed by atoms with Crippen LogP contribution in [0.25, 0.3) is 32.3 Å². The van der Waals surface area contributed by atoms with Crippen molar-refractivity contribution in [1.82, 2.24) is 0 Å². The number of rotatable bonds is 0. The summed E-state index contributed by atoms with van der Waals surface area (Å²) in [6, 6.07) is 16.2. The predicted octanol–water partition coefficient (Wildman–Crippen LogP) is 4.99. The lowest BCUT2D eigenvalue weighted by molar-refractivity contribution is 0.854. The van der Waals surface area contributed by atoms with Crippen LogP contribution < -0.4 is 0 Å². The molecular formula is C19H14. The molecule has 0 heteroatoms. The van der Waals surface area contributed by atoms with E-state index in [9.17, 15) is 0 Å². The second-order valence-electron chi connectivity index (χ2n) is 5.88. The molecule has 0 saturated carbocycles. The Hall–Kier alpha value is -2.08. The zero-order chi connectivity index (χ0) is 12.6. The quantitative estimate of drug-likeness (QED) is 0.381. The fraction of sp³-hybridized carbons (Fsp3) is 0.158. The Labute approximate surface area is 112 Å². The number of hydrogen-bond acceptors (Lipinski definition) is 0. The number of benzene rings is 4. The smallest absolute Gasteiger partial charge is 0.00238 e. The van der Waals surface area contributed by atoms with Crippen LogP contribution in [0.4, 0.5) is 0 Å². The number of fused-ring (bicyclic) bond motifs is 2. The third-order valence-corrected chi connectivity index (χ3v) is 4.71. The van der Waals surface area contributed by atoms with Crippen molar-refractivity contribution in [2.75, 3.05) is 0 Å². The van der Waals surface area contributed by atoms with Gasteiger partial charge in [0.1, 0.15) is 0 Å². The monoisotopic (exact) mass is 242 g/mol. The lowest BCUT2D eigenvalue weighted by atomic mass is 9.81. The van der Waals surface area contributed by atoms with E-state index in [1.54, 1.807) is 11.1 Å². The molecule has 0 atom stereocenters. The van der Waals surface area contributed by atoms with Gasteiger partial charge in [-0.05, 0) is 68.8 Å². The van der Waals surface area contributed by atoms with Crippen molar-refractivity contribution in [2.45, 2.75) is 19.8 Å². The van der Waals surface area contributed by atoms with Crippen molar-refractivity contribution in [2.24, 2.45) is 0 Å². The van der Waals surface area contributed by atoms with E-state index in [0.717, 1.165) is 0 Å². The molecule has 0 saturated heterocycles. The summed E-state index contributed by atoms with van der Waals surface area (Å²) in [5.74, 6) is 0. The molecule has 0 aromatic heterocycles. The Balaban J connectivity index is 2.17. The maximum Gasteiger partial charge on any atom is -0.00238 e. The first-order valence-corrected chi connectivity index (χ1v) is 7.01. The Morgan fingerprint density at radius 3 is 2.11 bits per heavy atom. The first-order chi connectivity index (χ1) is 9.31. The lowest BCUT2D eigenvalue weighted by Crippen LogP contribution is -2.09. The van der Waals surface area contributed by atoms with E-state index in [4.69, 9.17) is 0 Å². The van der Waals surface area contributed by atoms with Crippen LogP contribution in [-0.4, -0.2) is 0 Å². The van der Waals surface area contributed by atoms with Crippen LogP contribution >= 0.6 is 0 Å². The molecule has 1 aliphatic rings. The fourth-order valence-corrected chi connectivity index (χ4v) is 3.77. The minimum atomic E-state index is 1.25. The van der Waals surface area contributed by atoms with Gasteiger partial charge >= 0.3 is 0 Å². The van der Waals surface area contributed by atoms with Crippen LogP contribution in [0.2, 0.25) is 0 Å². The summed E-state index contributed by atoms with van der Waals surface area (Å²) in [7, 11) is 0. The van der Waals surface area contributed by atoms with Crippen molar-refractivity contribution in [3.63, 3.8) is 0 Å². The molecule has 0 spiro atoms. The van der Waals surface area contributed by atoms with Crippen LogP contribution in [-0.2, 0) is 12.8 Å². The highest BCUT2D eigenvalue weighted by atomic mass is 14.2. The molecule has 4 aromatic carbocycles. The van der Waals surface area contributed by atoms with Crippen molar-refractivity contribution in [3.05, 3.63) is 59.2 Å². The average Bonchev–Trinajstić information content (AvgIpc) is 2.37. The first-order valence-electron chi connectivity index (χ1n) is 7.01. The second kappa shape index (κ2) is 3.08. The molecule has 1 aliphatic carbocycles. The summed E-state index contributed by atoms with van der Waals surface area (Å²) < 4.78 is 0. The maximum atomic E-state index is 2.40. The van der Waals surface area contributed by atoms with E-state index < -0.39 is 0 Å². The normalized spacial score (nSPS) is 14.2. The highest BCUT2D eigenvalue weighted by molar-refractivity contribution is 6.24. The van der Waals surface area contributed by atoms with Gasteiger partial charge in [-0.3, -0.25) is 0 Å². The summed E-state index contributed by atoms with van der Waals surface area (Å²) in [6.45, 7) is 2.18. The molecule has 90 valence electrons. The van der Waals surface area contributed by atoms with Gasteiger partial charge < -0.3 is 0 Å². The van der Waals surface area contributed by atoms with Crippen molar-refractivity contribution < 1.29 is 0 Å². The van der Waals surface area contributed by atoms with Crippen molar-refractivity contribution in [1.29, 1.82) is 0 Å². The maximum absolute atomic E-state index is 2.40. The zero-order valence-corrected chi connectivity index (χ0v) is 11.0. The first kappa shape index (κ1) is 9.80. The molecule has 0 unspecified atom stereocenters. The molecule has 0 N–H and O–H groups in total. The van der Waals surface area contributed by atoms with Gasteiger partial charge in [-0.2, -0.15) is 0 Å². The van der Waals surface area contributed by atoms with E-state index in [2.05, 4.69) is 49.4 Å². The van der Waals surface area contributed by atoms with E-state index in [-0.39, 0.29) is 0 Å². The second-order valence-corrected chi connectivity index (χ2v) is 5.88. The van der Waals surface area contributed by atoms with Gasteiger partial charge in [-0.25, -0.2) is 0 Å². The lowest BCUT2D eigenvalue weighted by Gasteiger charge is -2.23.